The van der Waals surface area contributed by atoms with Crippen LogP contribution in [0.3, 0.4) is 0 Å². The Morgan fingerprint density at radius 1 is 1.00 bits per heavy atom. The summed E-state index contributed by atoms with van der Waals surface area (Å²) in [6, 6.07) is -0.595. The van der Waals surface area contributed by atoms with Gasteiger partial charge in [0.15, 0.2) is 0 Å². The summed E-state index contributed by atoms with van der Waals surface area (Å²) in [7, 11) is -7.20. The van der Waals surface area contributed by atoms with E-state index >= 15 is 0 Å². The summed E-state index contributed by atoms with van der Waals surface area (Å²) in [5, 5.41) is 4.73. The van der Waals surface area contributed by atoms with Crippen LogP contribution in [0, 0.1) is 0 Å². The fourth-order valence-electron chi connectivity index (χ4n) is 1.86. The molecule has 17 heavy (non-hydrogen) atoms. The van der Waals surface area contributed by atoms with E-state index < -0.39 is 38.4 Å². The largest absolute Gasteiger partial charge is 0.318 e. The van der Waals surface area contributed by atoms with Crippen molar-refractivity contribution in [2.75, 3.05) is 19.2 Å². The predicted octanol–water partition coefficient (Wildman–Crippen LogP) is -2.55. The number of amides is 2. The topological polar surface area (TPSA) is 116 Å². The van der Waals surface area contributed by atoms with Crippen molar-refractivity contribution in [1.82, 2.24) is 19.2 Å². The first-order valence-corrected chi connectivity index (χ1v) is 8.31. The molecule has 2 rings (SSSR count). The van der Waals surface area contributed by atoms with Gasteiger partial charge in [-0.3, -0.25) is 0 Å². The van der Waals surface area contributed by atoms with E-state index in [1.165, 1.54) is 0 Å². The minimum absolute atomic E-state index is 0.305. The normalized spacial score (nSPS) is 31.1. The molecule has 9 nitrogen and oxygen atoms in total. The van der Waals surface area contributed by atoms with E-state index in [0.717, 1.165) is 21.1 Å². The van der Waals surface area contributed by atoms with Gasteiger partial charge in [0.2, 0.25) is 20.0 Å². The van der Waals surface area contributed by atoms with E-state index in [1.807, 2.05) is 0 Å². The van der Waals surface area contributed by atoms with E-state index in [9.17, 15) is 21.6 Å². The van der Waals surface area contributed by atoms with Crippen LogP contribution in [-0.2, 0) is 20.0 Å². The second-order valence-corrected chi connectivity index (χ2v) is 7.82. The first-order chi connectivity index (χ1) is 7.60. The Morgan fingerprint density at radius 3 is 1.65 bits per heavy atom. The third-order valence-electron chi connectivity index (χ3n) is 2.61. The molecular formula is C6H12N4O5S2. The Balaban J connectivity index is 2.41. The second-order valence-electron chi connectivity index (χ2n) is 3.95. The number of urea groups is 1. The summed E-state index contributed by atoms with van der Waals surface area (Å²) in [6.45, 7) is -0.305. The Kier molecular flexibility index (Phi) is 2.61. The number of carbonyl (C=O) groups excluding carboxylic acids is 1. The lowest BCUT2D eigenvalue weighted by Crippen LogP contribution is -2.45. The zero-order valence-corrected chi connectivity index (χ0v) is 10.7. The van der Waals surface area contributed by atoms with Gasteiger partial charge in [-0.05, 0) is 0 Å². The number of hydrogen-bond acceptors (Lipinski definition) is 5. The third kappa shape index (κ3) is 2.10. The Bertz CT molecular complexity index is 507. The van der Waals surface area contributed by atoms with Gasteiger partial charge < -0.3 is 10.6 Å². The van der Waals surface area contributed by atoms with Crippen molar-refractivity contribution in [1.29, 1.82) is 0 Å². The summed E-state index contributed by atoms with van der Waals surface area (Å²) < 4.78 is 47.8. The van der Waals surface area contributed by atoms with Crippen molar-refractivity contribution in [3.8, 4) is 0 Å². The molecule has 0 radical (unpaired) electrons. The van der Waals surface area contributed by atoms with E-state index in [4.69, 9.17) is 0 Å². The molecule has 0 bridgehead atoms. The van der Waals surface area contributed by atoms with Crippen LogP contribution in [-0.4, -0.2) is 63.0 Å². The average Bonchev–Trinajstić information content (AvgIpc) is 2.55. The van der Waals surface area contributed by atoms with Crippen molar-refractivity contribution in [2.24, 2.45) is 0 Å². The van der Waals surface area contributed by atoms with Crippen molar-refractivity contribution in [3.05, 3.63) is 0 Å². The van der Waals surface area contributed by atoms with Crippen LogP contribution in [0.1, 0.15) is 0 Å². The van der Waals surface area contributed by atoms with Crippen LogP contribution in [0.4, 0.5) is 4.79 Å². The number of hydrogen-bond donors (Lipinski definition) is 2. The summed E-state index contributed by atoms with van der Waals surface area (Å²) in [5.74, 6) is 0. The molecule has 0 aromatic rings. The van der Waals surface area contributed by atoms with Crippen LogP contribution < -0.4 is 10.6 Å². The highest BCUT2D eigenvalue weighted by atomic mass is 32.2. The van der Waals surface area contributed by atoms with Crippen LogP contribution >= 0.6 is 0 Å². The molecular weight excluding hydrogens is 272 g/mol. The maximum absolute atomic E-state index is 11.5. The predicted molar refractivity (Wildman–Crippen MR) is 57.5 cm³/mol. The zero-order valence-electron chi connectivity index (χ0n) is 9.11. The van der Waals surface area contributed by atoms with Gasteiger partial charge in [0.05, 0.1) is 19.2 Å². The molecule has 98 valence electrons. The van der Waals surface area contributed by atoms with Crippen molar-refractivity contribution >= 4 is 26.1 Å². The number of nitrogens with one attached hydrogen (secondary N) is 2. The number of rotatable bonds is 2. The minimum atomic E-state index is -3.60. The molecule has 2 amide bonds. The number of carbonyl (C=O) groups is 1. The summed E-state index contributed by atoms with van der Waals surface area (Å²) in [4.78, 5) is 11.1. The van der Waals surface area contributed by atoms with Gasteiger partial charge in [0.25, 0.3) is 0 Å². The lowest BCUT2D eigenvalue weighted by atomic mass is 10.4. The standard InChI is InChI=1S/C6H12N4O5S2/c1-16(12,13)9-3-10(17(2,14)15)5-4(9)7-6(11)8-5/h4-5H,3H2,1-2H3,(H2,7,8,11)/t4-,5+. The van der Waals surface area contributed by atoms with Crippen LogP contribution in [0.15, 0.2) is 0 Å². The van der Waals surface area contributed by atoms with Gasteiger partial charge in [0, 0.05) is 0 Å². The Labute approximate surface area is 98.9 Å². The second kappa shape index (κ2) is 3.54. The molecule has 0 aromatic heterocycles. The molecule has 2 fully saturated rings. The number of fused-ring (bicyclic) bond motifs is 1. The molecule has 2 N–H and O–H groups in total. The third-order valence-corrected chi connectivity index (χ3v) is 5.00. The highest BCUT2D eigenvalue weighted by molar-refractivity contribution is 7.89. The molecule has 2 aliphatic heterocycles. The van der Waals surface area contributed by atoms with Crippen molar-refractivity contribution in [2.45, 2.75) is 12.3 Å². The quantitative estimate of drug-likeness (QED) is 0.579. The number of sulfonamides is 2. The Morgan fingerprint density at radius 2 is 1.35 bits per heavy atom. The Hall–Kier alpha value is -0.910. The van der Waals surface area contributed by atoms with E-state index in [-0.39, 0.29) is 6.67 Å². The lowest BCUT2D eigenvalue weighted by molar-refractivity contribution is 0.240. The molecule has 2 heterocycles. The highest BCUT2D eigenvalue weighted by Crippen LogP contribution is 2.25. The van der Waals surface area contributed by atoms with Gasteiger partial charge >= 0.3 is 6.03 Å². The lowest BCUT2D eigenvalue weighted by Gasteiger charge is -2.18. The molecule has 0 aliphatic carbocycles. The van der Waals surface area contributed by atoms with Gasteiger partial charge in [-0.25, -0.2) is 21.6 Å². The minimum Gasteiger partial charge on any atom is -0.318 e. The molecule has 2 aliphatic rings. The molecule has 2 saturated heterocycles. The molecule has 0 spiro atoms. The molecule has 0 saturated carbocycles. The maximum atomic E-state index is 11.5. The van der Waals surface area contributed by atoms with Gasteiger partial charge in [0.1, 0.15) is 12.3 Å². The molecule has 11 heteroatoms. The monoisotopic (exact) mass is 284 g/mol. The highest BCUT2D eigenvalue weighted by Gasteiger charge is 2.52. The number of nitrogens with zero attached hydrogens (tertiary/aromatic N) is 2. The van der Waals surface area contributed by atoms with Gasteiger partial charge in [-0.2, -0.15) is 8.61 Å². The molecule has 0 unspecified atom stereocenters. The average molecular weight is 284 g/mol. The summed E-state index contributed by atoms with van der Waals surface area (Å²) in [5.41, 5.74) is 0. The van der Waals surface area contributed by atoms with E-state index in [1.54, 1.807) is 0 Å². The first-order valence-electron chi connectivity index (χ1n) is 4.61. The van der Waals surface area contributed by atoms with E-state index in [2.05, 4.69) is 10.6 Å². The van der Waals surface area contributed by atoms with E-state index in [0.29, 0.717) is 0 Å². The molecule has 0 aromatic carbocycles. The van der Waals surface area contributed by atoms with Crippen LogP contribution in [0.25, 0.3) is 0 Å². The maximum Gasteiger partial charge on any atom is 0.317 e. The zero-order chi connectivity index (χ0) is 13.0. The van der Waals surface area contributed by atoms with Crippen molar-refractivity contribution in [3.63, 3.8) is 0 Å². The van der Waals surface area contributed by atoms with Crippen LogP contribution in [0.2, 0.25) is 0 Å². The van der Waals surface area contributed by atoms with Crippen LogP contribution in [0.5, 0.6) is 0 Å². The summed E-state index contributed by atoms with van der Waals surface area (Å²) in [6.07, 6.45) is 0.125. The SMILES string of the molecule is CS(=O)(=O)N1CN(S(C)(=O)=O)[C@H]2NC(=O)N[C@H]21. The van der Waals surface area contributed by atoms with Gasteiger partial charge in [-0.1, -0.05) is 0 Å². The van der Waals surface area contributed by atoms with Crippen molar-refractivity contribution < 1.29 is 21.6 Å². The fraction of sp³-hybridized carbons (Fsp3) is 0.833. The summed E-state index contributed by atoms with van der Waals surface area (Å²) >= 11 is 0. The smallest absolute Gasteiger partial charge is 0.317 e. The fourth-order valence-corrected chi connectivity index (χ4v) is 3.77. The molecule has 2 atom stereocenters. The van der Waals surface area contributed by atoms with Gasteiger partial charge in [-0.15, -0.1) is 0 Å². The first kappa shape index (κ1) is 12.5.